The minimum atomic E-state index is -0.515. The van der Waals surface area contributed by atoms with Crippen LogP contribution in [0, 0.1) is 17.2 Å². The lowest BCUT2D eigenvalue weighted by molar-refractivity contribution is -0.154. The predicted octanol–water partition coefficient (Wildman–Crippen LogP) is 3.62. The normalized spacial score (nSPS) is 20.7. The summed E-state index contributed by atoms with van der Waals surface area (Å²) in [5, 5.41) is 0. The summed E-state index contributed by atoms with van der Waals surface area (Å²) >= 11 is 0. The van der Waals surface area contributed by atoms with Crippen LogP contribution < -0.4 is 0 Å². The third-order valence-corrected chi connectivity index (χ3v) is 6.19. The Hall–Kier alpha value is -1.95. The van der Waals surface area contributed by atoms with Crippen molar-refractivity contribution in [2.45, 2.75) is 59.1 Å². The van der Waals surface area contributed by atoms with Gasteiger partial charge in [0.15, 0.2) is 0 Å². The van der Waals surface area contributed by atoms with E-state index in [0.29, 0.717) is 37.7 Å². The Kier molecular flexibility index (Phi) is 6.93. The van der Waals surface area contributed by atoms with Crippen LogP contribution in [0.15, 0.2) is 24.3 Å². The van der Waals surface area contributed by atoms with Gasteiger partial charge in [0.05, 0.1) is 6.10 Å². The fourth-order valence-electron chi connectivity index (χ4n) is 4.33. The summed E-state index contributed by atoms with van der Waals surface area (Å²) in [6.45, 7) is 9.15. The van der Waals surface area contributed by atoms with E-state index in [4.69, 9.17) is 4.74 Å². The highest BCUT2D eigenvalue weighted by Crippen LogP contribution is 2.34. The van der Waals surface area contributed by atoms with Crippen molar-refractivity contribution in [2.75, 3.05) is 26.2 Å². The molecular weight excluding hydrogens is 371 g/mol. The lowest BCUT2D eigenvalue weighted by Gasteiger charge is -2.39. The zero-order valence-corrected chi connectivity index (χ0v) is 17.8. The summed E-state index contributed by atoms with van der Waals surface area (Å²) in [7, 11) is 0. The van der Waals surface area contributed by atoms with Crippen molar-refractivity contribution >= 4 is 11.8 Å². The maximum atomic E-state index is 13.6. The van der Waals surface area contributed by atoms with E-state index < -0.39 is 11.8 Å². The first-order valence-corrected chi connectivity index (χ1v) is 10.7. The minimum Gasteiger partial charge on any atom is -0.376 e. The number of benzene rings is 1. The predicted molar refractivity (Wildman–Crippen MR) is 110 cm³/mol. The van der Waals surface area contributed by atoms with Crippen molar-refractivity contribution in [3.63, 3.8) is 0 Å². The number of hydrogen-bond acceptors (Lipinski definition) is 3. The van der Waals surface area contributed by atoms with Crippen LogP contribution in [0.3, 0.4) is 0 Å². The summed E-state index contributed by atoms with van der Waals surface area (Å²) in [5.41, 5.74) is 0.887. The molecule has 0 radical (unpaired) electrons. The van der Waals surface area contributed by atoms with E-state index in [2.05, 4.69) is 20.8 Å². The summed E-state index contributed by atoms with van der Waals surface area (Å²) in [4.78, 5) is 29.2. The van der Waals surface area contributed by atoms with E-state index >= 15 is 0 Å². The molecule has 1 unspecified atom stereocenters. The van der Waals surface area contributed by atoms with Gasteiger partial charge in [-0.1, -0.05) is 32.9 Å². The molecule has 0 aromatic heterocycles. The van der Waals surface area contributed by atoms with Gasteiger partial charge in [-0.2, -0.15) is 0 Å². The second-order valence-electron chi connectivity index (χ2n) is 9.38. The molecule has 1 aromatic rings. The molecule has 0 bridgehead atoms. The Morgan fingerprint density at radius 1 is 1.21 bits per heavy atom. The smallest absolute Gasteiger partial charge is 0.312 e. The Bertz CT molecular complexity index is 717. The van der Waals surface area contributed by atoms with Gasteiger partial charge in [0.2, 0.25) is 0 Å². The largest absolute Gasteiger partial charge is 0.376 e. The zero-order valence-electron chi connectivity index (χ0n) is 17.8. The van der Waals surface area contributed by atoms with Gasteiger partial charge in [0.1, 0.15) is 5.82 Å². The number of halogens is 1. The number of carbonyl (C=O) groups excluding carboxylic acids is 2. The quantitative estimate of drug-likeness (QED) is 0.721. The molecular formula is C23H33FN2O3. The van der Waals surface area contributed by atoms with Crippen LogP contribution in [0.25, 0.3) is 0 Å². The summed E-state index contributed by atoms with van der Waals surface area (Å²) in [5.74, 6) is -0.759. The molecule has 0 aliphatic carbocycles. The van der Waals surface area contributed by atoms with Crippen LogP contribution in [0.4, 0.5) is 4.39 Å². The van der Waals surface area contributed by atoms with Crippen LogP contribution in [-0.2, 0) is 20.9 Å². The molecule has 0 spiro atoms. The number of likely N-dealkylation sites (tertiary alicyclic amines) is 1. The van der Waals surface area contributed by atoms with Crippen LogP contribution in [0.2, 0.25) is 0 Å². The Balaban J connectivity index is 1.67. The summed E-state index contributed by atoms with van der Waals surface area (Å²) < 4.78 is 19.3. The van der Waals surface area contributed by atoms with Crippen molar-refractivity contribution in [1.82, 2.24) is 9.80 Å². The molecule has 2 heterocycles. The first kappa shape index (κ1) is 21.8. The Morgan fingerprint density at radius 3 is 2.52 bits per heavy atom. The molecule has 2 saturated heterocycles. The van der Waals surface area contributed by atoms with Gasteiger partial charge in [-0.3, -0.25) is 9.59 Å². The van der Waals surface area contributed by atoms with Crippen LogP contribution in [0.5, 0.6) is 0 Å². The topological polar surface area (TPSA) is 49.9 Å². The van der Waals surface area contributed by atoms with Gasteiger partial charge < -0.3 is 14.5 Å². The number of amides is 2. The Morgan fingerprint density at radius 2 is 1.93 bits per heavy atom. The van der Waals surface area contributed by atoms with Gasteiger partial charge >= 0.3 is 11.8 Å². The highest BCUT2D eigenvalue weighted by Gasteiger charge is 2.34. The van der Waals surface area contributed by atoms with Crippen molar-refractivity contribution in [3.8, 4) is 0 Å². The third-order valence-electron chi connectivity index (χ3n) is 6.19. The molecule has 2 aliphatic heterocycles. The number of nitrogens with zero attached hydrogens (tertiary/aromatic N) is 2. The lowest BCUT2D eigenvalue weighted by atomic mass is 9.75. The van der Waals surface area contributed by atoms with Crippen molar-refractivity contribution < 1.29 is 18.7 Å². The average Bonchev–Trinajstić information content (AvgIpc) is 3.19. The molecule has 2 fully saturated rings. The van der Waals surface area contributed by atoms with Gasteiger partial charge in [0, 0.05) is 32.8 Å². The third kappa shape index (κ3) is 5.78. The lowest BCUT2D eigenvalue weighted by Crippen LogP contribution is -2.50. The number of rotatable bonds is 4. The molecule has 1 atom stereocenters. The average molecular weight is 405 g/mol. The first-order valence-electron chi connectivity index (χ1n) is 10.7. The number of ether oxygens (including phenoxy) is 1. The van der Waals surface area contributed by atoms with E-state index in [1.165, 1.54) is 17.0 Å². The monoisotopic (exact) mass is 404 g/mol. The summed E-state index contributed by atoms with van der Waals surface area (Å²) in [6, 6.07) is 6.19. The van der Waals surface area contributed by atoms with Crippen LogP contribution >= 0.6 is 0 Å². The van der Waals surface area contributed by atoms with Crippen molar-refractivity contribution in [1.29, 1.82) is 0 Å². The maximum absolute atomic E-state index is 13.6. The molecule has 29 heavy (non-hydrogen) atoms. The second-order valence-corrected chi connectivity index (χ2v) is 9.38. The van der Waals surface area contributed by atoms with Crippen LogP contribution in [0.1, 0.15) is 52.0 Å². The molecule has 1 aromatic carbocycles. The van der Waals surface area contributed by atoms with Crippen molar-refractivity contribution in [2.24, 2.45) is 11.3 Å². The summed E-state index contributed by atoms with van der Waals surface area (Å²) in [6.07, 6.45) is 3.60. The van der Waals surface area contributed by atoms with E-state index in [1.54, 1.807) is 17.0 Å². The fourth-order valence-corrected chi connectivity index (χ4v) is 4.33. The Labute approximate surface area is 173 Å². The van der Waals surface area contributed by atoms with E-state index in [1.807, 2.05) is 0 Å². The fraction of sp³-hybridized carbons (Fsp3) is 0.652. The van der Waals surface area contributed by atoms with Gasteiger partial charge in [-0.25, -0.2) is 4.39 Å². The van der Waals surface area contributed by atoms with Crippen LogP contribution in [-0.4, -0.2) is 54.0 Å². The number of piperidine rings is 1. The van der Waals surface area contributed by atoms with E-state index in [0.717, 1.165) is 25.7 Å². The highest BCUT2D eigenvalue weighted by atomic mass is 19.1. The number of hydrogen-bond donors (Lipinski definition) is 0. The van der Waals surface area contributed by atoms with Gasteiger partial charge in [0.25, 0.3) is 0 Å². The highest BCUT2D eigenvalue weighted by molar-refractivity contribution is 6.34. The minimum absolute atomic E-state index is 0.0630. The molecule has 2 amide bonds. The van der Waals surface area contributed by atoms with Gasteiger partial charge in [-0.15, -0.1) is 0 Å². The molecule has 2 aliphatic rings. The standard InChI is InChI=1S/C23H33FN2O3/c1-23(2,3)18-9-11-25(12-10-18)21(27)22(28)26(16-20-8-5-13-29-20)15-17-6-4-7-19(24)14-17/h4,6-7,14,18,20H,5,8-13,15-16H2,1-3H3. The van der Waals surface area contributed by atoms with Gasteiger partial charge in [-0.05, 0) is 54.7 Å². The SMILES string of the molecule is CC(C)(C)C1CCN(C(=O)C(=O)N(Cc2cccc(F)c2)CC2CCCO2)CC1. The first-order chi connectivity index (χ1) is 13.7. The molecule has 6 heteroatoms. The molecule has 0 saturated carbocycles. The molecule has 5 nitrogen and oxygen atoms in total. The zero-order chi connectivity index (χ0) is 21.0. The molecule has 0 N–H and O–H groups in total. The van der Waals surface area contributed by atoms with E-state index in [9.17, 15) is 14.0 Å². The van der Waals surface area contributed by atoms with E-state index in [-0.39, 0.29) is 23.9 Å². The second kappa shape index (κ2) is 9.24. The number of carbonyl (C=O) groups is 2. The maximum Gasteiger partial charge on any atom is 0.312 e. The van der Waals surface area contributed by atoms with Crippen molar-refractivity contribution in [3.05, 3.63) is 35.6 Å². The molecule has 3 rings (SSSR count). The molecule has 160 valence electrons.